The standard InChI is InChI=1S/C18H16F3N5O2.C16H14F3N5O.C4H8O.CH3B.CH4S/c1-2-28-16(27)11-26-24-17(23-25-26)14-8-3-4-9-15(14)22-13-7-5-6-12(10-13)18(19,20)21;17-16(18,19)11-4-3-5-12(10-11)20-14-7-2-1-6-13(14)15-21-23-24(22-15)8-9-25;1-2-4-5-3-1;2*1-2/h3-10,22H,2,11H2,1H3;1-7,10,20,25H,8-9H2;1-4H2;1H3;2H,1H3. The van der Waals surface area contributed by atoms with Crippen LogP contribution in [0.5, 0.6) is 0 Å². The minimum atomic E-state index is -4.44. The molecule has 7 rings (SSSR count). The first kappa shape index (κ1) is 50.4. The highest BCUT2D eigenvalue weighted by molar-refractivity contribution is 7.79. The molecule has 3 heterocycles. The van der Waals surface area contributed by atoms with Crippen molar-refractivity contribution in [2.24, 2.45) is 0 Å². The van der Waals surface area contributed by atoms with Crippen molar-refractivity contribution in [3.05, 3.63) is 108 Å². The number of carbonyl (C=O) groups is 1. The Morgan fingerprint density at radius 3 is 1.61 bits per heavy atom. The van der Waals surface area contributed by atoms with Crippen molar-refractivity contribution < 1.29 is 45.7 Å². The maximum absolute atomic E-state index is 12.9. The highest BCUT2D eigenvalue weighted by Gasteiger charge is 2.31. The molecule has 22 heteroatoms. The number of benzene rings is 4. The van der Waals surface area contributed by atoms with Crippen LogP contribution in [0.25, 0.3) is 22.8 Å². The number of aromatic nitrogens is 8. The summed E-state index contributed by atoms with van der Waals surface area (Å²) >= 11 is 3.53. The fourth-order valence-electron chi connectivity index (χ4n) is 5.22. The number of para-hydroxylation sites is 2. The lowest BCUT2D eigenvalue weighted by Gasteiger charge is -2.12. The number of hydrogen-bond acceptors (Lipinski definition) is 13. The fourth-order valence-corrected chi connectivity index (χ4v) is 5.22. The maximum atomic E-state index is 12.9. The summed E-state index contributed by atoms with van der Waals surface area (Å²) < 4.78 is 87.1. The summed E-state index contributed by atoms with van der Waals surface area (Å²) in [5.41, 5.74) is 1.23. The average molecular weight is 887 g/mol. The van der Waals surface area contributed by atoms with E-state index < -0.39 is 29.4 Å². The van der Waals surface area contributed by atoms with Gasteiger partial charge in [0.05, 0.1) is 38.7 Å². The Bertz CT molecular complexity index is 2230. The van der Waals surface area contributed by atoms with Crippen LogP contribution in [0.4, 0.5) is 49.1 Å². The second-order valence-corrected chi connectivity index (χ2v) is 12.2. The Morgan fingerprint density at radius 2 is 1.19 bits per heavy atom. The quantitative estimate of drug-likeness (QED) is 0.0426. The number of rotatable bonds is 11. The molecule has 0 bridgehead atoms. The summed E-state index contributed by atoms with van der Waals surface area (Å²) in [6.45, 7) is 5.32. The second kappa shape index (κ2) is 25.7. The van der Waals surface area contributed by atoms with Crippen molar-refractivity contribution >= 4 is 49.2 Å². The molecule has 14 nitrogen and oxygen atoms in total. The first-order chi connectivity index (χ1) is 29.8. The van der Waals surface area contributed by atoms with Gasteiger partial charge in [-0.25, -0.2) is 4.79 Å². The zero-order valence-corrected chi connectivity index (χ0v) is 34.8. The van der Waals surface area contributed by atoms with Crippen molar-refractivity contribution in [3.63, 3.8) is 0 Å². The third-order valence-corrected chi connectivity index (χ3v) is 7.88. The molecule has 0 saturated carbocycles. The fraction of sp³-hybridized carbons (Fsp3) is 0.325. The van der Waals surface area contributed by atoms with Crippen molar-refractivity contribution in [3.8, 4) is 22.8 Å². The van der Waals surface area contributed by atoms with E-state index in [0.29, 0.717) is 34.0 Å². The average Bonchev–Trinajstić information content (AvgIpc) is 4.09. The number of hydrogen-bond donors (Lipinski definition) is 4. The summed E-state index contributed by atoms with van der Waals surface area (Å²) in [5, 5.41) is 38.5. The van der Waals surface area contributed by atoms with Gasteiger partial charge in [-0.1, -0.05) is 43.2 Å². The lowest BCUT2D eigenvalue weighted by Crippen LogP contribution is -2.15. The number of carbonyl (C=O) groups excluding carboxylic acids is 1. The Balaban J connectivity index is 0.000000277. The predicted molar refractivity (Wildman–Crippen MR) is 226 cm³/mol. The summed E-state index contributed by atoms with van der Waals surface area (Å²) in [6.07, 6.45) is -4.60. The van der Waals surface area contributed by atoms with E-state index in [2.05, 4.69) is 61.9 Å². The number of nitrogens with one attached hydrogen (secondary N) is 2. The normalized spacial score (nSPS) is 11.9. The van der Waals surface area contributed by atoms with E-state index in [1.165, 1.54) is 42.7 Å². The van der Waals surface area contributed by atoms with Gasteiger partial charge in [0.1, 0.15) is 0 Å². The number of esters is 1. The monoisotopic (exact) mass is 886 g/mol. The number of thiol groups is 1. The van der Waals surface area contributed by atoms with Gasteiger partial charge < -0.3 is 25.2 Å². The molecule has 0 amide bonds. The van der Waals surface area contributed by atoms with Crippen molar-refractivity contribution in [2.75, 3.05) is 43.3 Å². The first-order valence-electron chi connectivity index (χ1n) is 18.8. The van der Waals surface area contributed by atoms with Crippen LogP contribution in [0.3, 0.4) is 0 Å². The molecule has 1 fully saturated rings. The molecule has 4 aromatic carbocycles. The van der Waals surface area contributed by atoms with E-state index in [9.17, 15) is 31.1 Å². The second-order valence-electron chi connectivity index (χ2n) is 12.2. The van der Waals surface area contributed by atoms with Crippen LogP contribution in [0.15, 0.2) is 97.1 Å². The van der Waals surface area contributed by atoms with Crippen molar-refractivity contribution in [1.29, 1.82) is 0 Å². The van der Waals surface area contributed by atoms with Crippen LogP contribution in [0.1, 0.15) is 30.9 Å². The number of alkyl halides is 6. The number of nitrogens with zero attached hydrogens (tertiary/aromatic N) is 8. The molecule has 0 spiro atoms. The number of halogens is 6. The van der Waals surface area contributed by atoms with E-state index in [1.807, 2.05) is 0 Å². The molecule has 0 aliphatic carbocycles. The van der Waals surface area contributed by atoms with Crippen LogP contribution in [-0.2, 0) is 39.7 Å². The molecule has 1 aliphatic rings. The van der Waals surface area contributed by atoms with Gasteiger partial charge in [-0.3, -0.25) is 0 Å². The SMILES string of the molecule is C1CCOC1.CCOC(=O)Cn1nnc(-c2ccccc2Nc2cccc(C(F)(F)F)c2)n1.CS.OCCn1nnc(-c2ccccc2Nc2cccc(C(F)(F)F)c2)n1.[B]C. The van der Waals surface area contributed by atoms with E-state index >= 15 is 0 Å². The molecule has 0 atom stereocenters. The summed E-state index contributed by atoms with van der Waals surface area (Å²) in [6, 6.07) is 23.6. The maximum Gasteiger partial charge on any atom is 0.416 e. The minimum absolute atomic E-state index is 0.125. The lowest BCUT2D eigenvalue weighted by atomic mass is 10.1. The third-order valence-electron chi connectivity index (χ3n) is 7.88. The predicted octanol–water partition coefficient (Wildman–Crippen LogP) is 8.31. The molecule has 2 aromatic heterocycles. The molecular formula is C40H45BF6N10O4S. The molecule has 1 saturated heterocycles. The number of aliphatic hydroxyl groups is 1. The number of ether oxygens (including phenoxy) is 2. The zero-order chi connectivity index (χ0) is 45.5. The molecule has 6 aromatic rings. The van der Waals surface area contributed by atoms with Gasteiger partial charge in [0, 0.05) is 47.1 Å². The Labute approximate surface area is 360 Å². The van der Waals surface area contributed by atoms with Crippen LogP contribution >= 0.6 is 12.6 Å². The molecule has 1 aliphatic heterocycles. The number of anilines is 4. The smallest absolute Gasteiger partial charge is 0.416 e. The van der Waals surface area contributed by atoms with Crippen LogP contribution in [0.2, 0.25) is 6.82 Å². The van der Waals surface area contributed by atoms with Gasteiger partial charge in [-0.2, -0.15) is 48.6 Å². The van der Waals surface area contributed by atoms with Crippen molar-refractivity contribution in [2.45, 2.75) is 52.0 Å². The van der Waals surface area contributed by atoms with Gasteiger partial charge in [0.2, 0.25) is 11.6 Å². The molecule has 62 heavy (non-hydrogen) atoms. The van der Waals surface area contributed by atoms with Gasteiger partial charge in [-0.15, -0.1) is 20.4 Å². The van der Waals surface area contributed by atoms with Crippen LogP contribution in [0, 0.1) is 0 Å². The van der Waals surface area contributed by atoms with E-state index in [0.717, 1.165) is 42.3 Å². The molecule has 330 valence electrons. The number of tetrazole rings is 2. The van der Waals surface area contributed by atoms with E-state index in [1.54, 1.807) is 67.8 Å². The zero-order valence-electron chi connectivity index (χ0n) is 33.9. The molecule has 3 N–H and O–H groups in total. The van der Waals surface area contributed by atoms with Gasteiger partial charge in [0.15, 0.2) is 6.54 Å². The van der Waals surface area contributed by atoms with Crippen molar-refractivity contribution in [1.82, 2.24) is 40.4 Å². The summed E-state index contributed by atoms with van der Waals surface area (Å²) in [5.74, 6) is 0.0322. The largest absolute Gasteiger partial charge is 0.465 e. The number of aliphatic hydroxyl groups excluding tert-OH is 1. The van der Waals surface area contributed by atoms with Gasteiger partial charge in [0.25, 0.3) is 0 Å². The Morgan fingerprint density at radius 1 is 0.742 bits per heavy atom. The minimum Gasteiger partial charge on any atom is -0.465 e. The van der Waals surface area contributed by atoms with Crippen LogP contribution in [-0.4, -0.2) is 92.0 Å². The highest BCUT2D eigenvalue weighted by atomic mass is 32.1. The van der Waals surface area contributed by atoms with E-state index in [4.69, 9.17) is 14.6 Å². The van der Waals surface area contributed by atoms with Crippen LogP contribution < -0.4 is 10.6 Å². The first-order valence-corrected chi connectivity index (χ1v) is 19.7. The lowest BCUT2D eigenvalue weighted by molar-refractivity contribution is -0.144. The Hall–Kier alpha value is -6.00. The molecule has 0 unspecified atom stereocenters. The van der Waals surface area contributed by atoms with E-state index in [-0.39, 0.29) is 37.8 Å². The topological polar surface area (TPSA) is 167 Å². The highest BCUT2D eigenvalue weighted by Crippen LogP contribution is 2.34. The summed E-state index contributed by atoms with van der Waals surface area (Å²) in [4.78, 5) is 13.9. The third kappa shape index (κ3) is 16.1. The van der Waals surface area contributed by atoms with Gasteiger partial charge in [-0.05, 0) is 97.1 Å². The molecule has 2 radical (unpaired) electrons. The Kier molecular flexibility index (Phi) is 20.9. The van der Waals surface area contributed by atoms with Gasteiger partial charge >= 0.3 is 18.3 Å². The molecular weight excluding hydrogens is 841 g/mol. The summed E-state index contributed by atoms with van der Waals surface area (Å²) in [7, 11) is 4.50.